The zero-order valence-electron chi connectivity index (χ0n) is 8.15. The summed E-state index contributed by atoms with van der Waals surface area (Å²) in [5, 5.41) is 0. The predicted octanol–water partition coefficient (Wildman–Crippen LogP) is 1.83. The maximum atomic E-state index is 12.1. The Bertz CT molecular complexity index is 452. The Morgan fingerprint density at radius 3 is 2.38 bits per heavy atom. The number of hydrogen-bond donors (Lipinski definition) is 0. The molecule has 0 aromatic carbocycles. The fraction of sp³-hybridized carbons (Fsp3) is 0.375. The van der Waals surface area contributed by atoms with Crippen LogP contribution in [0.15, 0.2) is 18.3 Å². The minimum atomic E-state index is -4.55. The Labute approximate surface area is 90.2 Å². The molecule has 0 fully saturated rings. The van der Waals surface area contributed by atoms with Gasteiger partial charge in [0, 0.05) is 0 Å². The van der Waals surface area contributed by atoms with E-state index >= 15 is 0 Å². The summed E-state index contributed by atoms with van der Waals surface area (Å²) in [7, 11) is -3.74. The summed E-state index contributed by atoms with van der Waals surface area (Å²) in [4.78, 5) is 3.05. The fourth-order valence-electron chi connectivity index (χ4n) is 0.803. The molecule has 0 aliphatic rings. The molecule has 16 heavy (non-hydrogen) atoms. The Morgan fingerprint density at radius 2 is 2.00 bits per heavy atom. The second-order valence-electron chi connectivity index (χ2n) is 2.81. The van der Waals surface area contributed by atoms with Gasteiger partial charge in [-0.15, -0.1) is 0 Å². The Kier molecular flexibility index (Phi) is 3.41. The monoisotopic (exact) mass is 255 g/mol. The molecule has 90 valence electrons. The van der Waals surface area contributed by atoms with E-state index in [1.54, 1.807) is 0 Å². The Morgan fingerprint density at radius 1 is 1.38 bits per heavy atom. The number of hydrogen-bond acceptors (Lipinski definition) is 4. The maximum absolute atomic E-state index is 12.1. The fourth-order valence-corrected chi connectivity index (χ4v) is 1.31. The standard InChI is InChI=1S/C8H8F3NO3S/c1-2-16(13,14)15-6-3-4-7(12-5-6)8(9,10)11/h3-5H,2H2,1H3. The van der Waals surface area contributed by atoms with Gasteiger partial charge in [-0.05, 0) is 19.1 Å². The third-order valence-electron chi connectivity index (χ3n) is 1.60. The van der Waals surface area contributed by atoms with Gasteiger partial charge in [0.25, 0.3) is 0 Å². The van der Waals surface area contributed by atoms with Crippen molar-refractivity contribution in [3.8, 4) is 5.75 Å². The Balaban J connectivity index is 2.89. The van der Waals surface area contributed by atoms with Crippen LogP contribution < -0.4 is 4.18 Å². The van der Waals surface area contributed by atoms with Crippen molar-refractivity contribution >= 4 is 10.1 Å². The van der Waals surface area contributed by atoms with E-state index in [0.29, 0.717) is 6.07 Å². The lowest BCUT2D eigenvalue weighted by atomic mass is 10.3. The summed E-state index contributed by atoms with van der Waals surface area (Å²) in [6, 6.07) is 1.56. The topological polar surface area (TPSA) is 56.3 Å². The van der Waals surface area contributed by atoms with Crippen molar-refractivity contribution in [2.24, 2.45) is 0 Å². The van der Waals surface area contributed by atoms with Crippen LogP contribution in [0.25, 0.3) is 0 Å². The highest BCUT2D eigenvalue weighted by atomic mass is 32.2. The van der Waals surface area contributed by atoms with E-state index in [4.69, 9.17) is 0 Å². The first-order valence-corrected chi connectivity index (χ1v) is 5.78. The molecule has 1 rings (SSSR count). The molecule has 8 heteroatoms. The van der Waals surface area contributed by atoms with Crippen molar-refractivity contribution in [2.45, 2.75) is 13.1 Å². The van der Waals surface area contributed by atoms with Crippen molar-refractivity contribution in [1.82, 2.24) is 4.98 Å². The molecule has 0 N–H and O–H groups in total. The van der Waals surface area contributed by atoms with E-state index < -0.39 is 22.0 Å². The first kappa shape index (κ1) is 12.8. The largest absolute Gasteiger partial charge is 0.433 e. The number of pyridine rings is 1. The van der Waals surface area contributed by atoms with Crippen LogP contribution in [-0.4, -0.2) is 19.2 Å². The smallest absolute Gasteiger partial charge is 0.381 e. The van der Waals surface area contributed by atoms with Crippen molar-refractivity contribution in [3.05, 3.63) is 24.0 Å². The molecular formula is C8H8F3NO3S. The molecule has 0 bridgehead atoms. The van der Waals surface area contributed by atoms with Crippen LogP contribution >= 0.6 is 0 Å². The van der Waals surface area contributed by atoms with E-state index in [1.165, 1.54) is 6.92 Å². The third kappa shape index (κ3) is 3.37. The predicted molar refractivity (Wildman–Crippen MR) is 49.3 cm³/mol. The van der Waals surface area contributed by atoms with Crippen LogP contribution in [0.2, 0.25) is 0 Å². The molecule has 0 atom stereocenters. The Hall–Kier alpha value is -1.31. The van der Waals surface area contributed by atoms with Crippen LogP contribution in [0.3, 0.4) is 0 Å². The minimum absolute atomic E-state index is 0.241. The summed E-state index contributed by atoms with van der Waals surface area (Å²) in [6.07, 6.45) is -3.84. The molecule has 0 aliphatic heterocycles. The van der Waals surface area contributed by atoms with Gasteiger partial charge in [0.2, 0.25) is 0 Å². The first-order valence-electron chi connectivity index (χ1n) is 4.20. The quantitative estimate of drug-likeness (QED) is 0.773. The highest BCUT2D eigenvalue weighted by Gasteiger charge is 2.32. The highest BCUT2D eigenvalue weighted by Crippen LogP contribution is 2.28. The van der Waals surface area contributed by atoms with Crippen LogP contribution in [0, 0.1) is 0 Å². The van der Waals surface area contributed by atoms with E-state index in [0.717, 1.165) is 12.3 Å². The molecule has 1 aromatic rings. The molecule has 0 aliphatic carbocycles. The molecule has 1 aromatic heterocycles. The molecule has 4 nitrogen and oxygen atoms in total. The van der Waals surface area contributed by atoms with E-state index in [9.17, 15) is 21.6 Å². The summed E-state index contributed by atoms with van der Waals surface area (Å²) in [5.74, 6) is -0.511. The van der Waals surface area contributed by atoms with E-state index in [-0.39, 0.29) is 11.5 Å². The van der Waals surface area contributed by atoms with Gasteiger partial charge >= 0.3 is 16.3 Å². The van der Waals surface area contributed by atoms with Gasteiger partial charge in [-0.2, -0.15) is 21.6 Å². The first-order chi connectivity index (χ1) is 7.24. The average Bonchev–Trinajstić information content (AvgIpc) is 2.16. The van der Waals surface area contributed by atoms with Gasteiger partial charge in [0.05, 0.1) is 11.9 Å². The number of rotatable bonds is 3. The van der Waals surface area contributed by atoms with Crippen molar-refractivity contribution < 1.29 is 25.8 Å². The van der Waals surface area contributed by atoms with Crippen molar-refractivity contribution in [2.75, 3.05) is 5.75 Å². The summed E-state index contributed by atoms with van der Waals surface area (Å²) >= 11 is 0. The van der Waals surface area contributed by atoms with Gasteiger partial charge in [0.1, 0.15) is 5.69 Å². The molecule has 0 unspecified atom stereocenters. The maximum Gasteiger partial charge on any atom is 0.433 e. The summed E-state index contributed by atoms with van der Waals surface area (Å²) in [6.45, 7) is 1.35. The van der Waals surface area contributed by atoms with E-state index in [1.807, 2.05) is 0 Å². The SMILES string of the molecule is CCS(=O)(=O)Oc1ccc(C(F)(F)F)nc1. The molecule has 1 heterocycles. The van der Waals surface area contributed by atoms with Gasteiger partial charge in [-0.25, -0.2) is 4.98 Å². The molecule has 0 saturated carbocycles. The lowest BCUT2D eigenvalue weighted by molar-refractivity contribution is -0.141. The average molecular weight is 255 g/mol. The van der Waals surface area contributed by atoms with E-state index in [2.05, 4.69) is 9.17 Å². The molecule has 0 radical (unpaired) electrons. The zero-order valence-corrected chi connectivity index (χ0v) is 8.97. The second-order valence-corrected chi connectivity index (χ2v) is 4.67. The van der Waals surface area contributed by atoms with Gasteiger partial charge < -0.3 is 4.18 Å². The summed E-state index contributed by atoms with van der Waals surface area (Å²) < 4.78 is 62.7. The van der Waals surface area contributed by atoms with Crippen LogP contribution in [-0.2, 0) is 16.3 Å². The zero-order chi connectivity index (χ0) is 12.4. The molecule has 0 spiro atoms. The van der Waals surface area contributed by atoms with Gasteiger partial charge in [-0.1, -0.05) is 0 Å². The molecule has 0 amide bonds. The van der Waals surface area contributed by atoms with Crippen molar-refractivity contribution in [1.29, 1.82) is 0 Å². The normalized spacial score (nSPS) is 12.5. The van der Waals surface area contributed by atoms with Crippen molar-refractivity contribution in [3.63, 3.8) is 0 Å². The van der Waals surface area contributed by atoms with Crippen LogP contribution in [0.4, 0.5) is 13.2 Å². The lowest BCUT2D eigenvalue weighted by Gasteiger charge is -2.07. The lowest BCUT2D eigenvalue weighted by Crippen LogP contribution is -2.12. The number of alkyl halides is 3. The molecular weight excluding hydrogens is 247 g/mol. The third-order valence-corrected chi connectivity index (χ3v) is 2.76. The van der Waals surface area contributed by atoms with Gasteiger partial charge in [-0.3, -0.25) is 0 Å². The van der Waals surface area contributed by atoms with Crippen LogP contribution in [0.1, 0.15) is 12.6 Å². The summed E-state index contributed by atoms with van der Waals surface area (Å²) in [5.41, 5.74) is -1.10. The highest BCUT2D eigenvalue weighted by molar-refractivity contribution is 7.87. The van der Waals surface area contributed by atoms with Gasteiger partial charge in [0.15, 0.2) is 5.75 Å². The minimum Gasteiger partial charge on any atom is -0.381 e. The number of halogens is 3. The number of nitrogens with zero attached hydrogens (tertiary/aromatic N) is 1. The molecule has 0 saturated heterocycles. The second kappa shape index (κ2) is 4.28. The number of aromatic nitrogens is 1. The van der Waals surface area contributed by atoms with Crippen LogP contribution in [0.5, 0.6) is 5.75 Å².